The highest BCUT2D eigenvalue weighted by atomic mass is 32.2. The number of rotatable bonds is 5. The van der Waals surface area contributed by atoms with Gasteiger partial charge in [0, 0.05) is 12.5 Å². The van der Waals surface area contributed by atoms with Crippen LogP contribution in [0.3, 0.4) is 0 Å². The summed E-state index contributed by atoms with van der Waals surface area (Å²) in [6.07, 6.45) is 1.62. The van der Waals surface area contributed by atoms with Crippen LogP contribution in [0.4, 0.5) is 4.39 Å². The van der Waals surface area contributed by atoms with E-state index in [9.17, 15) is 12.8 Å². The van der Waals surface area contributed by atoms with Gasteiger partial charge in [0.2, 0.25) is 10.0 Å². The van der Waals surface area contributed by atoms with Crippen molar-refractivity contribution in [1.29, 1.82) is 0 Å². The Morgan fingerprint density at radius 2 is 2.10 bits per heavy atom. The van der Waals surface area contributed by atoms with Crippen LogP contribution in [0.25, 0.3) is 0 Å². The molecule has 1 aliphatic heterocycles. The summed E-state index contributed by atoms with van der Waals surface area (Å²) in [5.41, 5.74) is 0. The Morgan fingerprint density at radius 3 is 2.81 bits per heavy atom. The third-order valence-corrected chi connectivity index (χ3v) is 5.64. The molecular weight excluding hydrogens is 297 g/mol. The lowest BCUT2D eigenvalue weighted by Gasteiger charge is -2.32. The summed E-state index contributed by atoms with van der Waals surface area (Å²) in [5, 5.41) is -0.283. The quantitative estimate of drug-likeness (QED) is 0.893. The van der Waals surface area contributed by atoms with Crippen LogP contribution in [0, 0.1) is 5.82 Å². The maximum atomic E-state index is 13.2. The first-order chi connectivity index (χ1) is 10.0. The van der Waals surface area contributed by atoms with E-state index in [2.05, 4.69) is 4.72 Å². The Bertz CT molecular complexity index is 603. The minimum atomic E-state index is -3.30. The zero-order valence-corrected chi connectivity index (χ0v) is 12.3. The van der Waals surface area contributed by atoms with Crippen molar-refractivity contribution >= 4 is 10.0 Å². The second kappa shape index (κ2) is 5.90. The third-order valence-electron chi connectivity index (χ3n) is 3.66. The Balaban J connectivity index is 1.69. The summed E-state index contributed by atoms with van der Waals surface area (Å²) < 4.78 is 51.0. The van der Waals surface area contributed by atoms with E-state index in [0.29, 0.717) is 31.6 Å². The Labute approximate surface area is 123 Å². The van der Waals surface area contributed by atoms with Gasteiger partial charge in [0.05, 0.1) is 24.5 Å². The maximum absolute atomic E-state index is 13.2. The van der Waals surface area contributed by atoms with Crippen LogP contribution in [0.2, 0.25) is 0 Å². The molecule has 21 heavy (non-hydrogen) atoms. The van der Waals surface area contributed by atoms with E-state index in [0.717, 1.165) is 0 Å². The molecule has 0 unspecified atom stereocenters. The third kappa shape index (κ3) is 3.72. The fourth-order valence-electron chi connectivity index (χ4n) is 2.37. The molecule has 1 saturated heterocycles. The first-order valence-electron chi connectivity index (χ1n) is 7.06. The van der Waals surface area contributed by atoms with E-state index in [1.165, 1.54) is 12.1 Å². The standard InChI is InChI=1S/C14H18FNO4S/c15-10-2-1-3-11(8-10)20-14-6-7-19-9-13(14)16-21(17,18)12-4-5-12/h1-3,8,12-14,16H,4-7,9H2/t13-,14+/m1/s1. The summed E-state index contributed by atoms with van der Waals surface area (Å²) in [6, 6.07) is 5.41. The second-order valence-electron chi connectivity index (χ2n) is 5.45. The van der Waals surface area contributed by atoms with Crippen molar-refractivity contribution in [3.05, 3.63) is 30.1 Å². The van der Waals surface area contributed by atoms with Crippen molar-refractivity contribution < 1.29 is 22.3 Å². The lowest BCUT2D eigenvalue weighted by Crippen LogP contribution is -2.52. The highest BCUT2D eigenvalue weighted by molar-refractivity contribution is 7.90. The molecule has 1 aliphatic carbocycles. The summed E-state index contributed by atoms with van der Waals surface area (Å²) in [6.45, 7) is 0.771. The first-order valence-corrected chi connectivity index (χ1v) is 8.60. The van der Waals surface area contributed by atoms with Crippen molar-refractivity contribution in [2.24, 2.45) is 0 Å². The molecule has 3 rings (SSSR count). The SMILES string of the molecule is O=S(=O)(N[C@@H]1COCC[C@@H]1Oc1cccc(F)c1)C1CC1. The fraction of sp³-hybridized carbons (Fsp3) is 0.571. The summed E-state index contributed by atoms with van der Waals surface area (Å²) in [4.78, 5) is 0. The molecule has 1 aromatic rings. The molecule has 0 radical (unpaired) electrons. The molecule has 0 aromatic heterocycles. The number of nitrogens with one attached hydrogen (secondary N) is 1. The van der Waals surface area contributed by atoms with Gasteiger partial charge < -0.3 is 9.47 Å². The zero-order valence-electron chi connectivity index (χ0n) is 11.5. The molecule has 0 bridgehead atoms. The molecule has 2 fully saturated rings. The molecule has 116 valence electrons. The lowest BCUT2D eigenvalue weighted by molar-refractivity contribution is 0.00310. The second-order valence-corrected chi connectivity index (χ2v) is 7.44. The summed E-state index contributed by atoms with van der Waals surface area (Å²) in [5.74, 6) is 0.0205. The Hall–Kier alpha value is -1.18. The van der Waals surface area contributed by atoms with Gasteiger partial charge in [0.25, 0.3) is 0 Å². The topological polar surface area (TPSA) is 64.6 Å². The first kappa shape index (κ1) is 14.7. The number of halogens is 1. The molecule has 5 nitrogen and oxygen atoms in total. The highest BCUT2D eigenvalue weighted by Gasteiger charge is 2.39. The molecule has 1 heterocycles. The van der Waals surface area contributed by atoms with Gasteiger partial charge >= 0.3 is 0 Å². The van der Waals surface area contributed by atoms with Crippen LogP contribution in [0.1, 0.15) is 19.3 Å². The smallest absolute Gasteiger partial charge is 0.214 e. The van der Waals surface area contributed by atoms with E-state index < -0.39 is 16.1 Å². The normalized spacial score (nSPS) is 26.5. The van der Waals surface area contributed by atoms with E-state index in [1.54, 1.807) is 12.1 Å². The molecule has 1 N–H and O–H groups in total. The maximum Gasteiger partial charge on any atom is 0.214 e. The van der Waals surface area contributed by atoms with Gasteiger partial charge in [-0.25, -0.2) is 17.5 Å². The van der Waals surface area contributed by atoms with Gasteiger partial charge in [-0.2, -0.15) is 0 Å². The fourth-order valence-corrected chi connectivity index (χ4v) is 3.96. The van der Waals surface area contributed by atoms with Crippen molar-refractivity contribution in [1.82, 2.24) is 4.72 Å². The number of benzene rings is 1. The number of sulfonamides is 1. The minimum absolute atomic E-state index is 0.270. The van der Waals surface area contributed by atoms with Gasteiger partial charge in [0.15, 0.2) is 0 Å². The molecule has 0 spiro atoms. The van der Waals surface area contributed by atoms with Crippen LogP contribution >= 0.6 is 0 Å². The molecule has 0 amide bonds. The van der Waals surface area contributed by atoms with E-state index in [4.69, 9.17) is 9.47 Å². The lowest BCUT2D eigenvalue weighted by atomic mass is 10.1. The number of hydrogen-bond donors (Lipinski definition) is 1. The molecule has 1 aromatic carbocycles. The van der Waals surface area contributed by atoms with Gasteiger partial charge in [-0.05, 0) is 25.0 Å². The van der Waals surface area contributed by atoms with Gasteiger partial charge in [-0.1, -0.05) is 6.07 Å². The molecular formula is C14H18FNO4S. The van der Waals surface area contributed by atoms with Crippen LogP contribution in [0.15, 0.2) is 24.3 Å². The molecule has 2 aliphatic rings. The molecule has 1 saturated carbocycles. The predicted octanol–water partition coefficient (Wildman–Crippen LogP) is 1.44. The monoisotopic (exact) mass is 315 g/mol. The van der Waals surface area contributed by atoms with Crippen LogP contribution < -0.4 is 9.46 Å². The average molecular weight is 315 g/mol. The molecule has 2 atom stereocenters. The summed E-state index contributed by atoms with van der Waals surface area (Å²) >= 11 is 0. The molecule has 7 heteroatoms. The van der Waals surface area contributed by atoms with E-state index in [-0.39, 0.29) is 23.8 Å². The van der Waals surface area contributed by atoms with Crippen LogP contribution in [0.5, 0.6) is 5.75 Å². The number of hydrogen-bond acceptors (Lipinski definition) is 4. The summed E-state index contributed by atoms with van der Waals surface area (Å²) in [7, 11) is -3.30. The van der Waals surface area contributed by atoms with Crippen molar-refractivity contribution in [3.63, 3.8) is 0 Å². The largest absolute Gasteiger partial charge is 0.488 e. The minimum Gasteiger partial charge on any atom is -0.488 e. The van der Waals surface area contributed by atoms with Crippen molar-refractivity contribution in [2.45, 2.75) is 36.7 Å². The van der Waals surface area contributed by atoms with E-state index in [1.807, 2.05) is 0 Å². The highest BCUT2D eigenvalue weighted by Crippen LogP contribution is 2.28. The van der Waals surface area contributed by atoms with Crippen molar-refractivity contribution in [3.8, 4) is 5.75 Å². The van der Waals surface area contributed by atoms with Crippen molar-refractivity contribution in [2.75, 3.05) is 13.2 Å². The van der Waals surface area contributed by atoms with E-state index >= 15 is 0 Å². The van der Waals surface area contributed by atoms with Gasteiger partial charge in [0.1, 0.15) is 17.7 Å². The number of ether oxygens (including phenoxy) is 2. The Morgan fingerprint density at radius 1 is 1.29 bits per heavy atom. The van der Waals surface area contributed by atoms with Crippen LogP contribution in [-0.4, -0.2) is 39.0 Å². The predicted molar refractivity (Wildman–Crippen MR) is 75.1 cm³/mol. The van der Waals surface area contributed by atoms with Gasteiger partial charge in [-0.3, -0.25) is 0 Å². The Kier molecular flexibility index (Phi) is 4.14. The van der Waals surface area contributed by atoms with Gasteiger partial charge in [-0.15, -0.1) is 0 Å². The zero-order chi connectivity index (χ0) is 14.9. The average Bonchev–Trinajstić information content (AvgIpc) is 3.25. The van der Waals surface area contributed by atoms with Crippen LogP contribution in [-0.2, 0) is 14.8 Å².